The van der Waals surface area contributed by atoms with Gasteiger partial charge in [-0.3, -0.25) is 0 Å². The van der Waals surface area contributed by atoms with Crippen LogP contribution in [0, 0.1) is 0 Å². The molecule has 1 aliphatic heterocycles. The van der Waals surface area contributed by atoms with E-state index in [-0.39, 0.29) is 12.0 Å². The summed E-state index contributed by atoms with van der Waals surface area (Å²) in [5.74, 6) is 0. The van der Waals surface area contributed by atoms with Gasteiger partial charge >= 0.3 is 0 Å². The van der Waals surface area contributed by atoms with Crippen LogP contribution in [0.3, 0.4) is 0 Å². The van der Waals surface area contributed by atoms with Gasteiger partial charge in [0.15, 0.2) is 0 Å². The fourth-order valence-corrected chi connectivity index (χ4v) is 2.04. The van der Waals surface area contributed by atoms with Crippen molar-refractivity contribution in [3.63, 3.8) is 0 Å². The third kappa shape index (κ3) is 1.00. The molecule has 0 radical (unpaired) electrons. The van der Waals surface area contributed by atoms with E-state index in [4.69, 9.17) is 9.84 Å². The summed E-state index contributed by atoms with van der Waals surface area (Å²) >= 11 is 1.66. The number of thiophene rings is 1. The SMILES string of the molecule is OCC1(c2ccsc2)COC1. The fraction of sp³-hybridized carbons (Fsp3) is 0.500. The molecule has 0 amide bonds. The zero-order valence-corrected chi connectivity index (χ0v) is 6.93. The Kier molecular flexibility index (Phi) is 1.71. The molecule has 1 fully saturated rings. The summed E-state index contributed by atoms with van der Waals surface area (Å²) in [6.07, 6.45) is 0. The Morgan fingerprint density at radius 1 is 1.64 bits per heavy atom. The lowest BCUT2D eigenvalue weighted by molar-refractivity contribution is -0.0839. The van der Waals surface area contributed by atoms with Crippen molar-refractivity contribution in [2.24, 2.45) is 0 Å². The van der Waals surface area contributed by atoms with Crippen molar-refractivity contribution in [1.82, 2.24) is 0 Å². The Morgan fingerprint density at radius 2 is 2.45 bits per heavy atom. The van der Waals surface area contributed by atoms with Crippen LogP contribution >= 0.6 is 11.3 Å². The number of hydrogen-bond donors (Lipinski definition) is 1. The quantitative estimate of drug-likeness (QED) is 0.717. The van der Waals surface area contributed by atoms with Gasteiger partial charge in [0.2, 0.25) is 0 Å². The van der Waals surface area contributed by atoms with Crippen molar-refractivity contribution < 1.29 is 9.84 Å². The molecule has 0 unspecified atom stereocenters. The molecule has 2 heterocycles. The van der Waals surface area contributed by atoms with Gasteiger partial charge in [-0.05, 0) is 22.4 Å². The van der Waals surface area contributed by atoms with E-state index in [0.717, 1.165) is 0 Å². The molecule has 2 rings (SSSR count). The van der Waals surface area contributed by atoms with Crippen LogP contribution in [0.1, 0.15) is 5.56 Å². The van der Waals surface area contributed by atoms with E-state index >= 15 is 0 Å². The maximum absolute atomic E-state index is 9.13. The van der Waals surface area contributed by atoms with E-state index in [9.17, 15) is 0 Å². The van der Waals surface area contributed by atoms with Gasteiger partial charge < -0.3 is 9.84 Å². The summed E-state index contributed by atoms with van der Waals surface area (Å²) in [7, 11) is 0. The first-order valence-corrected chi connectivity index (χ1v) is 4.53. The lowest BCUT2D eigenvalue weighted by Gasteiger charge is -2.39. The van der Waals surface area contributed by atoms with Crippen LogP contribution in [0.2, 0.25) is 0 Å². The number of ether oxygens (including phenoxy) is 1. The van der Waals surface area contributed by atoms with Gasteiger partial charge in [0.05, 0.1) is 25.2 Å². The fourth-order valence-electron chi connectivity index (χ4n) is 1.26. The van der Waals surface area contributed by atoms with E-state index in [2.05, 4.69) is 11.4 Å². The zero-order valence-electron chi connectivity index (χ0n) is 6.12. The van der Waals surface area contributed by atoms with Gasteiger partial charge in [0.25, 0.3) is 0 Å². The Bertz CT molecular complexity index is 221. The molecule has 11 heavy (non-hydrogen) atoms. The average molecular weight is 170 g/mol. The molecule has 1 aliphatic rings. The number of aliphatic hydroxyl groups is 1. The van der Waals surface area contributed by atoms with Crippen molar-refractivity contribution in [3.8, 4) is 0 Å². The third-order valence-corrected chi connectivity index (χ3v) is 2.88. The standard InChI is InChI=1S/C8H10O2S/c9-4-8(5-10-6-8)7-1-2-11-3-7/h1-3,9H,4-6H2. The summed E-state index contributed by atoms with van der Waals surface area (Å²) in [5, 5.41) is 13.2. The van der Waals surface area contributed by atoms with Gasteiger partial charge in [-0.2, -0.15) is 11.3 Å². The van der Waals surface area contributed by atoms with Gasteiger partial charge in [0, 0.05) is 0 Å². The molecule has 1 N–H and O–H groups in total. The number of hydrogen-bond acceptors (Lipinski definition) is 3. The Balaban J connectivity index is 2.25. The molecule has 0 aromatic carbocycles. The summed E-state index contributed by atoms with van der Waals surface area (Å²) in [5.41, 5.74) is 1.15. The molecule has 2 nitrogen and oxygen atoms in total. The zero-order chi connectivity index (χ0) is 7.73. The Morgan fingerprint density at radius 3 is 2.82 bits per heavy atom. The monoisotopic (exact) mass is 170 g/mol. The van der Waals surface area contributed by atoms with Crippen LogP contribution in [0.25, 0.3) is 0 Å². The highest BCUT2D eigenvalue weighted by atomic mass is 32.1. The first-order valence-electron chi connectivity index (χ1n) is 3.59. The second-order valence-corrected chi connectivity index (χ2v) is 3.72. The summed E-state index contributed by atoms with van der Waals surface area (Å²) < 4.78 is 5.10. The van der Waals surface area contributed by atoms with Gasteiger partial charge in [-0.1, -0.05) is 0 Å². The highest BCUT2D eigenvalue weighted by Crippen LogP contribution is 2.32. The molecule has 0 atom stereocenters. The van der Waals surface area contributed by atoms with E-state index in [1.54, 1.807) is 11.3 Å². The van der Waals surface area contributed by atoms with Gasteiger partial charge in [0.1, 0.15) is 0 Å². The van der Waals surface area contributed by atoms with E-state index < -0.39 is 0 Å². The third-order valence-electron chi connectivity index (χ3n) is 2.19. The number of aliphatic hydroxyl groups excluding tert-OH is 1. The molecular weight excluding hydrogens is 160 g/mol. The van der Waals surface area contributed by atoms with Crippen LogP contribution in [0.5, 0.6) is 0 Å². The van der Waals surface area contributed by atoms with Crippen molar-refractivity contribution in [2.75, 3.05) is 19.8 Å². The molecule has 0 aliphatic carbocycles. The van der Waals surface area contributed by atoms with Crippen molar-refractivity contribution in [2.45, 2.75) is 5.41 Å². The molecular formula is C8H10O2S. The number of rotatable bonds is 2. The first-order chi connectivity index (χ1) is 5.37. The minimum atomic E-state index is -0.0694. The minimum absolute atomic E-state index is 0.0694. The van der Waals surface area contributed by atoms with Crippen LogP contribution in [0.4, 0.5) is 0 Å². The second kappa shape index (κ2) is 2.59. The lowest BCUT2D eigenvalue weighted by Crippen LogP contribution is -2.49. The molecule has 0 saturated carbocycles. The molecule has 1 saturated heterocycles. The van der Waals surface area contributed by atoms with Crippen molar-refractivity contribution in [1.29, 1.82) is 0 Å². The Hall–Kier alpha value is -0.380. The van der Waals surface area contributed by atoms with Crippen LogP contribution in [0.15, 0.2) is 16.8 Å². The van der Waals surface area contributed by atoms with Crippen molar-refractivity contribution in [3.05, 3.63) is 22.4 Å². The predicted octanol–water partition coefficient (Wildman–Crippen LogP) is 1.01. The normalized spacial score (nSPS) is 21.2. The smallest absolute Gasteiger partial charge is 0.0659 e. The van der Waals surface area contributed by atoms with Gasteiger partial charge in [-0.25, -0.2) is 0 Å². The van der Waals surface area contributed by atoms with E-state index in [0.29, 0.717) is 13.2 Å². The van der Waals surface area contributed by atoms with E-state index in [1.807, 2.05) is 5.38 Å². The summed E-state index contributed by atoms with van der Waals surface area (Å²) in [4.78, 5) is 0. The van der Waals surface area contributed by atoms with Crippen LogP contribution < -0.4 is 0 Å². The molecule has 60 valence electrons. The van der Waals surface area contributed by atoms with Gasteiger partial charge in [-0.15, -0.1) is 0 Å². The first kappa shape index (κ1) is 7.28. The van der Waals surface area contributed by atoms with E-state index in [1.165, 1.54) is 5.56 Å². The maximum atomic E-state index is 9.13. The maximum Gasteiger partial charge on any atom is 0.0659 e. The summed E-state index contributed by atoms with van der Waals surface area (Å²) in [6, 6.07) is 2.06. The molecule has 3 heteroatoms. The average Bonchev–Trinajstić information content (AvgIpc) is 2.39. The summed E-state index contributed by atoms with van der Waals surface area (Å²) in [6.45, 7) is 1.53. The minimum Gasteiger partial charge on any atom is -0.395 e. The Labute approximate surface area is 69.4 Å². The molecule has 1 aromatic rings. The molecule has 0 bridgehead atoms. The molecule has 0 spiro atoms. The predicted molar refractivity (Wildman–Crippen MR) is 43.9 cm³/mol. The second-order valence-electron chi connectivity index (χ2n) is 2.94. The molecule has 1 aromatic heterocycles. The highest BCUT2D eigenvalue weighted by molar-refractivity contribution is 7.08. The largest absolute Gasteiger partial charge is 0.395 e. The highest BCUT2D eigenvalue weighted by Gasteiger charge is 2.39. The van der Waals surface area contributed by atoms with Crippen molar-refractivity contribution >= 4 is 11.3 Å². The lowest BCUT2D eigenvalue weighted by atomic mass is 9.81. The van der Waals surface area contributed by atoms with Crippen LogP contribution in [-0.2, 0) is 10.2 Å². The van der Waals surface area contributed by atoms with Crippen LogP contribution in [-0.4, -0.2) is 24.9 Å². The topological polar surface area (TPSA) is 29.5 Å².